The Bertz CT molecular complexity index is 1380. The number of unbranched alkanes of at least 4 members (excludes halogenated alkanes) is 22. The van der Waals surface area contributed by atoms with Crippen molar-refractivity contribution in [2.24, 2.45) is 28.6 Å². The average Bonchev–Trinajstić information content (AvgIpc) is 3.59. The van der Waals surface area contributed by atoms with Gasteiger partial charge in [0.2, 0.25) is 0 Å². The SMILES string of the molecule is CCCCCCCCCCCCCCCCCC(=O)O[C@H]1C(C)=C[C@]23C(=O)[C@@H](C=C(CO)[C@@H](O)[C@]12O)[C@@H]1C(C)(C)[C@]1(OC(=O)CCCCCCCCCCC)CC3C. The van der Waals surface area contributed by atoms with E-state index in [2.05, 4.69) is 13.8 Å². The molecule has 1 unspecified atom stereocenters. The maximum atomic E-state index is 15.1. The lowest BCUT2D eigenvalue weighted by Gasteiger charge is -2.49. The van der Waals surface area contributed by atoms with Gasteiger partial charge in [-0.3, -0.25) is 14.4 Å². The van der Waals surface area contributed by atoms with E-state index in [9.17, 15) is 24.9 Å². The molecule has 2 fully saturated rings. The van der Waals surface area contributed by atoms with Crippen molar-refractivity contribution < 1.29 is 39.2 Å². The molecule has 8 atom stereocenters. The van der Waals surface area contributed by atoms with Crippen molar-refractivity contribution in [3.63, 3.8) is 0 Å². The van der Waals surface area contributed by atoms with Crippen LogP contribution < -0.4 is 0 Å². The van der Waals surface area contributed by atoms with Gasteiger partial charge < -0.3 is 24.8 Å². The minimum atomic E-state index is -2.23. The summed E-state index contributed by atoms with van der Waals surface area (Å²) in [6, 6.07) is 0. The standard InChI is InChI=1S/C50H84O8/c1-7-9-11-13-15-17-18-19-20-21-22-24-25-27-29-31-41(52)57-46-37(3)34-48-38(4)35-49(58-42(53)32-30-28-26-23-16-14-12-10-8-2)43(47(49,5)6)40(45(48)55)33-39(36-51)44(54)50(46,48)56/h33-34,38,40,43-44,46,51,54,56H,7-32,35-36H2,1-6H3/t38?,40-,43+,44+,46-,48-,49-,50-/m0/s1. The smallest absolute Gasteiger partial charge is 0.306 e. The second kappa shape index (κ2) is 22.7. The molecule has 0 amide bonds. The molecule has 0 aromatic carbocycles. The van der Waals surface area contributed by atoms with E-state index in [0.717, 1.165) is 38.5 Å². The van der Waals surface area contributed by atoms with Gasteiger partial charge in [0, 0.05) is 30.1 Å². The zero-order valence-corrected chi connectivity index (χ0v) is 37.7. The summed E-state index contributed by atoms with van der Waals surface area (Å²) in [6.45, 7) is 11.6. The Hall–Kier alpha value is -2.03. The first-order valence-corrected chi connectivity index (χ1v) is 24.2. The van der Waals surface area contributed by atoms with E-state index >= 15 is 4.79 Å². The molecule has 0 heterocycles. The lowest BCUT2D eigenvalue weighted by Crippen LogP contribution is -2.66. The number of carbonyl (C=O) groups is 3. The van der Waals surface area contributed by atoms with Gasteiger partial charge >= 0.3 is 11.9 Å². The van der Waals surface area contributed by atoms with Crippen molar-refractivity contribution in [1.82, 2.24) is 0 Å². The minimum Gasteiger partial charge on any atom is -0.458 e. The first kappa shape index (κ1) is 48.6. The van der Waals surface area contributed by atoms with E-state index in [0.29, 0.717) is 24.8 Å². The zero-order valence-electron chi connectivity index (χ0n) is 37.7. The molecule has 3 N–H and O–H groups in total. The number of ketones is 1. The highest BCUT2D eigenvalue weighted by molar-refractivity contribution is 5.96. The second-order valence-corrected chi connectivity index (χ2v) is 19.6. The number of esters is 2. The normalized spacial score (nSPS) is 30.8. The van der Waals surface area contributed by atoms with Crippen molar-refractivity contribution in [1.29, 1.82) is 0 Å². The first-order valence-electron chi connectivity index (χ1n) is 24.2. The number of carbonyl (C=O) groups excluding carboxylic acids is 3. The summed E-state index contributed by atoms with van der Waals surface area (Å²) in [7, 11) is 0. The van der Waals surface area contributed by atoms with Gasteiger partial charge in [-0.2, -0.15) is 0 Å². The molecule has 2 bridgehead atoms. The molecular weight excluding hydrogens is 729 g/mol. The van der Waals surface area contributed by atoms with Gasteiger partial charge in [-0.15, -0.1) is 0 Å². The molecule has 58 heavy (non-hydrogen) atoms. The topological polar surface area (TPSA) is 130 Å². The van der Waals surface area contributed by atoms with Crippen molar-refractivity contribution in [2.75, 3.05) is 6.61 Å². The number of ether oxygens (including phenoxy) is 2. The maximum Gasteiger partial charge on any atom is 0.306 e. The Kier molecular flexibility index (Phi) is 19.0. The molecule has 0 aliphatic heterocycles. The van der Waals surface area contributed by atoms with Crippen molar-refractivity contribution in [3.05, 3.63) is 23.3 Å². The fraction of sp³-hybridized carbons (Fsp3) is 0.860. The van der Waals surface area contributed by atoms with Gasteiger partial charge in [-0.25, -0.2) is 0 Å². The van der Waals surface area contributed by atoms with Gasteiger partial charge in [0.15, 0.2) is 17.5 Å². The van der Waals surface area contributed by atoms with Crippen LogP contribution in [0.15, 0.2) is 23.3 Å². The average molecular weight is 813 g/mol. The van der Waals surface area contributed by atoms with Crippen LogP contribution in [-0.4, -0.2) is 63.1 Å². The molecule has 332 valence electrons. The fourth-order valence-electron chi connectivity index (χ4n) is 11.6. The van der Waals surface area contributed by atoms with Crippen molar-refractivity contribution in [2.45, 2.75) is 238 Å². The molecule has 0 aromatic rings. The Labute approximate surface area is 352 Å². The van der Waals surface area contributed by atoms with E-state index in [1.807, 2.05) is 20.8 Å². The molecule has 2 saturated carbocycles. The summed E-state index contributed by atoms with van der Waals surface area (Å²) in [6.07, 6.45) is 29.9. The highest BCUT2D eigenvalue weighted by Gasteiger charge is 2.83. The van der Waals surface area contributed by atoms with Crippen molar-refractivity contribution in [3.8, 4) is 0 Å². The highest BCUT2D eigenvalue weighted by Crippen LogP contribution is 2.75. The van der Waals surface area contributed by atoms with Crippen LogP contribution >= 0.6 is 0 Å². The molecule has 0 aromatic heterocycles. The van der Waals surface area contributed by atoms with Crippen LogP contribution in [0.5, 0.6) is 0 Å². The van der Waals surface area contributed by atoms with Crippen molar-refractivity contribution >= 4 is 17.7 Å². The predicted octanol–water partition coefficient (Wildman–Crippen LogP) is 11.2. The lowest BCUT2D eigenvalue weighted by molar-refractivity contribution is -0.204. The quantitative estimate of drug-likeness (QED) is 0.0387. The molecule has 8 nitrogen and oxygen atoms in total. The second-order valence-electron chi connectivity index (χ2n) is 19.6. The molecule has 4 rings (SSSR count). The van der Waals surface area contributed by atoms with Crippen LogP contribution in [0.1, 0.15) is 215 Å². The summed E-state index contributed by atoms with van der Waals surface area (Å²) in [5, 5.41) is 35.5. The van der Waals surface area contributed by atoms with Crippen LogP contribution in [0.2, 0.25) is 0 Å². The Balaban J connectivity index is 1.33. The van der Waals surface area contributed by atoms with E-state index in [1.165, 1.54) is 109 Å². The number of allylic oxidation sites excluding steroid dienone is 1. The fourth-order valence-corrected chi connectivity index (χ4v) is 11.6. The molecular formula is C50H84O8. The van der Waals surface area contributed by atoms with Gasteiger partial charge in [0.1, 0.15) is 11.7 Å². The van der Waals surface area contributed by atoms with E-state index in [-0.39, 0.29) is 23.7 Å². The number of aliphatic hydroxyl groups is 3. The van der Waals surface area contributed by atoms with Crippen LogP contribution in [0.25, 0.3) is 0 Å². The Morgan fingerprint density at radius 1 is 0.724 bits per heavy atom. The summed E-state index contributed by atoms with van der Waals surface area (Å²) < 4.78 is 12.5. The largest absolute Gasteiger partial charge is 0.458 e. The molecule has 4 aliphatic carbocycles. The van der Waals surface area contributed by atoms with Gasteiger partial charge in [-0.1, -0.05) is 188 Å². The molecule has 1 spiro atoms. The predicted molar refractivity (Wildman–Crippen MR) is 232 cm³/mol. The van der Waals surface area contributed by atoms with E-state index < -0.39 is 64.6 Å². The number of rotatable bonds is 29. The number of fused-ring (bicyclic) bond motifs is 3. The minimum absolute atomic E-state index is 0.126. The zero-order chi connectivity index (χ0) is 42.4. The summed E-state index contributed by atoms with van der Waals surface area (Å²) in [5.41, 5.74) is -4.70. The molecule has 8 heteroatoms. The number of hydrogen-bond acceptors (Lipinski definition) is 8. The lowest BCUT2D eigenvalue weighted by atomic mass is 9.59. The number of aliphatic hydroxyl groups excluding tert-OH is 2. The third-order valence-electron chi connectivity index (χ3n) is 15.0. The summed E-state index contributed by atoms with van der Waals surface area (Å²) in [5.74, 6) is -2.80. The van der Waals surface area contributed by atoms with Gasteiger partial charge in [0.25, 0.3) is 0 Å². The number of Topliss-reactive ketones (excluding diaryl/α,β-unsaturated/α-hetero) is 1. The Morgan fingerprint density at radius 3 is 1.60 bits per heavy atom. The van der Waals surface area contributed by atoms with E-state index in [1.54, 1.807) is 19.1 Å². The molecule has 0 saturated heterocycles. The molecule has 4 aliphatic rings. The summed E-state index contributed by atoms with van der Waals surface area (Å²) >= 11 is 0. The third-order valence-corrected chi connectivity index (χ3v) is 15.0. The van der Waals surface area contributed by atoms with Crippen LogP contribution in [0, 0.1) is 28.6 Å². The Morgan fingerprint density at radius 2 is 1.16 bits per heavy atom. The first-order chi connectivity index (χ1) is 27.8. The summed E-state index contributed by atoms with van der Waals surface area (Å²) in [4.78, 5) is 42.0. The van der Waals surface area contributed by atoms with Crippen LogP contribution in [0.4, 0.5) is 0 Å². The van der Waals surface area contributed by atoms with Gasteiger partial charge in [-0.05, 0) is 43.3 Å². The highest BCUT2D eigenvalue weighted by atomic mass is 16.6. The van der Waals surface area contributed by atoms with Crippen LogP contribution in [0.3, 0.4) is 0 Å². The monoisotopic (exact) mass is 813 g/mol. The third kappa shape index (κ3) is 10.7. The van der Waals surface area contributed by atoms with E-state index in [4.69, 9.17) is 9.47 Å². The van der Waals surface area contributed by atoms with Crippen LogP contribution in [-0.2, 0) is 23.9 Å². The maximum absolute atomic E-state index is 15.1. The molecule has 0 radical (unpaired) electrons. The number of hydrogen-bond donors (Lipinski definition) is 3. The van der Waals surface area contributed by atoms with Gasteiger partial charge in [0.05, 0.1) is 12.0 Å².